The first kappa shape index (κ1) is 16.2. The lowest BCUT2D eigenvalue weighted by Gasteiger charge is -2.36. The lowest BCUT2D eigenvalue weighted by Crippen LogP contribution is -2.47. The maximum atomic E-state index is 13.8. The summed E-state index contributed by atoms with van der Waals surface area (Å²) in [6.45, 7) is 5.33. The number of aromatic nitrogens is 3. The third-order valence-electron chi connectivity index (χ3n) is 4.41. The molecule has 1 fully saturated rings. The van der Waals surface area contributed by atoms with E-state index in [0.717, 1.165) is 49.0 Å². The highest BCUT2D eigenvalue weighted by Gasteiger charge is 2.19. The van der Waals surface area contributed by atoms with Crippen LogP contribution in [0.3, 0.4) is 0 Å². The van der Waals surface area contributed by atoms with Crippen molar-refractivity contribution >= 4 is 38.5 Å². The molecule has 0 unspecified atom stereocenters. The molecule has 4 rings (SSSR count). The molecular weight excluding hydrogens is 385 g/mol. The predicted octanol–water partition coefficient (Wildman–Crippen LogP) is 3.56. The van der Waals surface area contributed by atoms with Crippen LogP contribution in [-0.4, -0.2) is 41.1 Å². The minimum Gasteiger partial charge on any atom is -0.353 e. The average Bonchev–Trinajstić information content (AvgIpc) is 2.62. The van der Waals surface area contributed by atoms with Gasteiger partial charge in [0.15, 0.2) is 0 Å². The molecule has 1 saturated heterocycles. The van der Waals surface area contributed by atoms with Crippen LogP contribution in [0.4, 0.5) is 16.0 Å². The van der Waals surface area contributed by atoms with Gasteiger partial charge in [0, 0.05) is 43.8 Å². The fourth-order valence-corrected chi connectivity index (χ4v) is 3.43. The molecule has 25 heavy (non-hydrogen) atoms. The molecule has 0 spiro atoms. The number of nitrogens with zero attached hydrogens (tertiary/aromatic N) is 5. The molecule has 1 aliphatic heterocycles. The van der Waals surface area contributed by atoms with E-state index in [9.17, 15) is 4.39 Å². The zero-order chi connectivity index (χ0) is 17.4. The number of aryl methyl sites for hydroxylation is 1. The molecule has 5 nitrogen and oxygen atoms in total. The number of rotatable bonds is 2. The van der Waals surface area contributed by atoms with Crippen LogP contribution in [0.2, 0.25) is 0 Å². The maximum absolute atomic E-state index is 13.8. The number of hydrogen-bond acceptors (Lipinski definition) is 5. The molecule has 0 amide bonds. The molecule has 7 heteroatoms. The van der Waals surface area contributed by atoms with Gasteiger partial charge in [-0.05, 0) is 47.1 Å². The molecule has 128 valence electrons. The van der Waals surface area contributed by atoms with Crippen molar-refractivity contribution in [3.05, 3.63) is 52.6 Å². The number of hydrogen-bond donors (Lipinski definition) is 0. The van der Waals surface area contributed by atoms with E-state index in [2.05, 4.69) is 40.7 Å². The molecule has 3 aromatic rings. The lowest BCUT2D eigenvalue weighted by molar-refractivity contribution is 0.622. The minimum absolute atomic E-state index is 0.291. The topological polar surface area (TPSA) is 45.2 Å². The van der Waals surface area contributed by atoms with Gasteiger partial charge in [0.1, 0.15) is 23.3 Å². The normalized spacial score (nSPS) is 15.0. The predicted molar refractivity (Wildman–Crippen MR) is 101 cm³/mol. The summed E-state index contributed by atoms with van der Waals surface area (Å²) in [6, 6.07) is 9.16. The summed E-state index contributed by atoms with van der Waals surface area (Å²) in [5.41, 5.74) is 0.673. The summed E-state index contributed by atoms with van der Waals surface area (Å²) in [5, 5.41) is 0.923. The van der Waals surface area contributed by atoms with Gasteiger partial charge in [-0.1, -0.05) is 0 Å². The molecule has 0 bridgehead atoms. The van der Waals surface area contributed by atoms with Gasteiger partial charge >= 0.3 is 0 Å². The summed E-state index contributed by atoms with van der Waals surface area (Å²) in [4.78, 5) is 17.7. The Bertz CT molecular complexity index is 924. The van der Waals surface area contributed by atoms with Crippen molar-refractivity contribution in [2.75, 3.05) is 36.0 Å². The molecule has 0 saturated carbocycles. The van der Waals surface area contributed by atoms with Crippen LogP contribution in [0.25, 0.3) is 10.9 Å². The number of anilines is 2. The van der Waals surface area contributed by atoms with Gasteiger partial charge in [-0.3, -0.25) is 0 Å². The van der Waals surface area contributed by atoms with Gasteiger partial charge in [0.25, 0.3) is 0 Å². The molecule has 0 N–H and O–H groups in total. The van der Waals surface area contributed by atoms with Gasteiger partial charge in [-0.25, -0.2) is 19.3 Å². The minimum atomic E-state index is -0.291. The smallest absolute Gasteiger partial charge is 0.139 e. The van der Waals surface area contributed by atoms with Crippen molar-refractivity contribution in [2.45, 2.75) is 6.92 Å². The molecular formula is C18H17BrFN5. The van der Waals surface area contributed by atoms with E-state index in [4.69, 9.17) is 0 Å². The first-order chi connectivity index (χ1) is 12.1. The summed E-state index contributed by atoms with van der Waals surface area (Å²) in [6.07, 6.45) is 1.79. The fraction of sp³-hybridized carbons (Fsp3) is 0.278. The van der Waals surface area contributed by atoms with Crippen LogP contribution in [0, 0.1) is 12.7 Å². The Kier molecular flexibility index (Phi) is 4.25. The van der Waals surface area contributed by atoms with Gasteiger partial charge in [-0.15, -0.1) is 0 Å². The molecule has 0 radical (unpaired) electrons. The van der Waals surface area contributed by atoms with E-state index >= 15 is 0 Å². The number of benzene rings is 1. The van der Waals surface area contributed by atoms with Crippen LogP contribution in [0.5, 0.6) is 0 Å². The second kappa shape index (κ2) is 6.55. The Labute approximate surface area is 153 Å². The largest absolute Gasteiger partial charge is 0.353 e. The van der Waals surface area contributed by atoms with Crippen molar-refractivity contribution < 1.29 is 4.39 Å². The van der Waals surface area contributed by atoms with Crippen LogP contribution in [-0.2, 0) is 0 Å². The number of halogens is 2. The van der Waals surface area contributed by atoms with Crippen LogP contribution < -0.4 is 9.80 Å². The van der Waals surface area contributed by atoms with Crippen LogP contribution >= 0.6 is 15.9 Å². The second-order valence-corrected chi connectivity index (χ2v) is 6.92. The summed E-state index contributed by atoms with van der Waals surface area (Å²) in [7, 11) is 0. The van der Waals surface area contributed by atoms with Gasteiger partial charge in [0.2, 0.25) is 0 Å². The maximum Gasteiger partial charge on any atom is 0.139 e. The van der Waals surface area contributed by atoms with Gasteiger partial charge in [0.05, 0.1) is 9.99 Å². The Balaban J connectivity index is 1.52. The Morgan fingerprint density at radius 1 is 0.960 bits per heavy atom. The lowest BCUT2D eigenvalue weighted by atomic mass is 10.2. The van der Waals surface area contributed by atoms with Crippen molar-refractivity contribution in [3.63, 3.8) is 0 Å². The highest BCUT2D eigenvalue weighted by molar-refractivity contribution is 9.10. The SMILES string of the molecule is Cc1nccc(N2CCN(c3ccc4cc(Br)c(F)cc4n3)CC2)n1. The van der Waals surface area contributed by atoms with Crippen molar-refractivity contribution in [1.29, 1.82) is 0 Å². The molecule has 1 aliphatic rings. The van der Waals surface area contributed by atoms with Crippen molar-refractivity contribution in [1.82, 2.24) is 15.0 Å². The Morgan fingerprint density at radius 2 is 1.64 bits per heavy atom. The third kappa shape index (κ3) is 3.28. The molecule has 2 aromatic heterocycles. The molecule has 1 aromatic carbocycles. The van der Waals surface area contributed by atoms with E-state index in [1.807, 2.05) is 25.1 Å². The summed E-state index contributed by atoms with van der Waals surface area (Å²) >= 11 is 3.22. The van der Waals surface area contributed by atoms with E-state index < -0.39 is 0 Å². The zero-order valence-corrected chi connectivity index (χ0v) is 15.4. The molecule has 3 heterocycles. The Hall–Kier alpha value is -2.28. The third-order valence-corrected chi connectivity index (χ3v) is 5.01. The van der Waals surface area contributed by atoms with E-state index in [1.165, 1.54) is 6.07 Å². The zero-order valence-electron chi connectivity index (χ0n) is 13.8. The van der Waals surface area contributed by atoms with Crippen LogP contribution in [0.1, 0.15) is 5.82 Å². The van der Waals surface area contributed by atoms with Crippen molar-refractivity contribution in [3.8, 4) is 0 Å². The molecule has 0 aliphatic carbocycles. The summed E-state index contributed by atoms with van der Waals surface area (Å²) in [5.74, 6) is 2.34. The monoisotopic (exact) mass is 401 g/mol. The van der Waals surface area contributed by atoms with Gasteiger partial charge in [-0.2, -0.15) is 0 Å². The first-order valence-corrected chi connectivity index (χ1v) is 8.95. The fourth-order valence-electron chi connectivity index (χ4n) is 3.07. The standard InChI is InChI=1S/C18H17BrFN5/c1-12-21-5-4-18(22-12)25-8-6-24(7-9-25)17-3-2-13-10-14(19)15(20)11-16(13)23-17/h2-5,10-11H,6-9H2,1H3. The van der Waals surface area contributed by atoms with Crippen LogP contribution in [0.15, 0.2) is 41.0 Å². The highest BCUT2D eigenvalue weighted by atomic mass is 79.9. The quantitative estimate of drug-likeness (QED) is 0.656. The van der Waals surface area contributed by atoms with Gasteiger partial charge < -0.3 is 9.80 Å². The molecule has 0 atom stereocenters. The first-order valence-electron chi connectivity index (χ1n) is 8.15. The van der Waals surface area contributed by atoms with E-state index in [-0.39, 0.29) is 5.82 Å². The summed E-state index contributed by atoms with van der Waals surface area (Å²) < 4.78 is 14.2. The van der Waals surface area contributed by atoms with E-state index in [0.29, 0.717) is 9.99 Å². The number of pyridine rings is 1. The number of fused-ring (bicyclic) bond motifs is 1. The Morgan fingerprint density at radius 3 is 2.32 bits per heavy atom. The van der Waals surface area contributed by atoms with Crippen molar-refractivity contribution in [2.24, 2.45) is 0 Å². The average molecular weight is 402 g/mol. The second-order valence-electron chi connectivity index (χ2n) is 6.06. The van der Waals surface area contributed by atoms with E-state index in [1.54, 1.807) is 12.3 Å². The number of piperazine rings is 1. The highest BCUT2D eigenvalue weighted by Crippen LogP contribution is 2.25.